The highest BCUT2D eigenvalue weighted by Crippen LogP contribution is 2.27. The van der Waals surface area contributed by atoms with Crippen LogP contribution >= 0.6 is 11.6 Å². The van der Waals surface area contributed by atoms with Crippen molar-refractivity contribution in [2.45, 2.75) is 6.42 Å². The average molecular weight is 328 g/mol. The Morgan fingerprint density at radius 3 is 2.61 bits per heavy atom. The van der Waals surface area contributed by atoms with Gasteiger partial charge < -0.3 is 9.53 Å². The van der Waals surface area contributed by atoms with E-state index in [0.717, 1.165) is 22.8 Å². The number of ether oxygens (including phenoxy) is 1. The molecular weight excluding hydrogens is 314 g/mol. The molecule has 2 aromatic carbocycles. The van der Waals surface area contributed by atoms with Gasteiger partial charge in [0.05, 0.1) is 12.6 Å². The molecule has 0 radical (unpaired) electrons. The van der Waals surface area contributed by atoms with E-state index in [0.29, 0.717) is 16.3 Å². The Labute approximate surface area is 138 Å². The summed E-state index contributed by atoms with van der Waals surface area (Å²) in [6.45, 7) is 0. The number of carbonyl (C=O) groups excluding carboxylic acids is 2. The number of aromatic nitrogens is 1. The number of halogens is 1. The Morgan fingerprint density at radius 1 is 1.22 bits per heavy atom. The lowest BCUT2D eigenvalue weighted by molar-refractivity contribution is -0.107. The van der Waals surface area contributed by atoms with Crippen molar-refractivity contribution in [3.05, 3.63) is 64.8 Å². The second kappa shape index (κ2) is 6.26. The van der Waals surface area contributed by atoms with Gasteiger partial charge in [0.15, 0.2) is 0 Å². The van der Waals surface area contributed by atoms with E-state index in [1.54, 1.807) is 48.2 Å². The van der Waals surface area contributed by atoms with Crippen molar-refractivity contribution in [1.29, 1.82) is 0 Å². The molecule has 0 atom stereocenters. The molecule has 0 saturated carbocycles. The van der Waals surface area contributed by atoms with Crippen LogP contribution in [0.2, 0.25) is 5.02 Å². The highest BCUT2D eigenvalue weighted by Gasteiger charge is 2.15. The van der Waals surface area contributed by atoms with Gasteiger partial charge in [0, 0.05) is 28.6 Å². The van der Waals surface area contributed by atoms with Gasteiger partial charge in [-0.25, -0.2) is 0 Å². The summed E-state index contributed by atoms with van der Waals surface area (Å²) in [7, 11) is 1.58. The minimum Gasteiger partial charge on any atom is -0.497 e. The molecule has 0 amide bonds. The largest absolute Gasteiger partial charge is 0.497 e. The van der Waals surface area contributed by atoms with E-state index in [1.165, 1.54) is 0 Å². The van der Waals surface area contributed by atoms with Gasteiger partial charge in [-0.3, -0.25) is 9.36 Å². The lowest BCUT2D eigenvalue weighted by atomic mass is 10.1. The van der Waals surface area contributed by atoms with Crippen LogP contribution in [0.25, 0.3) is 10.9 Å². The van der Waals surface area contributed by atoms with Crippen LogP contribution in [-0.4, -0.2) is 23.9 Å². The number of methoxy groups -OCH3 is 1. The molecule has 0 aliphatic carbocycles. The standard InChI is InChI=1S/C18H14ClNO3/c1-23-15-6-7-17-16(10-15)13(8-9-21)11-20(17)18(22)12-2-4-14(19)5-3-12/h2-7,9-11H,8H2,1H3. The maximum Gasteiger partial charge on any atom is 0.262 e. The number of benzene rings is 2. The van der Waals surface area contributed by atoms with Crippen LogP contribution < -0.4 is 4.74 Å². The number of hydrogen-bond acceptors (Lipinski definition) is 3. The van der Waals surface area contributed by atoms with Crippen molar-refractivity contribution < 1.29 is 14.3 Å². The van der Waals surface area contributed by atoms with E-state index >= 15 is 0 Å². The van der Waals surface area contributed by atoms with Gasteiger partial charge in [0.25, 0.3) is 5.91 Å². The quantitative estimate of drug-likeness (QED) is 0.686. The van der Waals surface area contributed by atoms with Gasteiger partial charge in [0.1, 0.15) is 12.0 Å². The minimum absolute atomic E-state index is 0.172. The summed E-state index contributed by atoms with van der Waals surface area (Å²) in [5, 5.41) is 1.41. The number of rotatable bonds is 4. The smallest absolute Gasteiger partial charge is 0.262 e. The SMILES string of the molecule is COc1ccc2c(c1)c(CC=O)cn2C(=O)c1ccc(Cl)cc1. The maximum absolute atomic E-state index is 12.7. The van der Waals surface area contributed by atoms with Gasteiger partial charge in [-0.1, -0.05) is 11.6 Å². The highest BCUT2D eigenvalue weighted by atomic mass is 35.5. The monoisotopic (exact) mass is 327 g/mol. The number of aldehydes is 1. The Morgan fingerprint density at radius 2 is 1.96 bits per heavy atom. The number of carbonyl (C=O) groups is 2. The highest BCUT2D eigenvalue weighted by molar-refractivity contribution is 6.30. The third-order valence-electron chi connectivity index (χ3n) is 3.71. The molecule has 3 rings (SSSR count). The van der Waals surface area contributed by atoms with Gasteiger partial charge in [-0.2, -0.15) is 0 Å². The summed E-state index contributed by atoms with van der Waals surface area (Å²) in [6, 6.07) is 12.2. The summed E-state index contributed by atoms with van der Waals surface area (Å²) < 4.78 is 6.78. The minimum atomic E-state index is -0.172. The molecular formula is C18H14ClNO3. The zero-order valence-corrected chi connectivity index (χ0v) is 13.2. The summed E-state index contributed by atoms with van der Waals surface area (Å²) in [4.78, 5) is 23.7. The number of hydrogen-bond donors (Lipinski definition) is 0. The third-order valence-corrected chi connectivity index (χ3v) is 3.96. The van der Waals surface area contributed by atoms with Crippen molar-refractivity contribution in [1.82, 2.24) is 4.57 Å². The van der Waals surface area contributed by atoms with Gasteiger partial charge in [-0.15, -0.1) is 0 Å². The maximum atomic E-state index is 12.7. The van der Waals surface area contributed by atoms with E-state index in [1.807, 2.05) is 12.1 Å². The van der Waals surface area contributed by atoms with Crippen LogP contribution in [0.15, 0.2) is 48.7 Å². The fraction of sp³-hybridized carbons (Fsp3) is 0.111. The van der Waals surface area contributed by atoms with E-state index in [9.17, 15) is 9.59 Å². The molecule has 116 valence electrons. The molecule has 0 spiro atoms. The van der Waals surface area contributed by atoms with E-state index < -0.39 is 0 Å². The Hall–Kier alpha value is -2.59. The van der Waals surface area contributed by atoms with Crippen molar-refractivity contribution in [3.8, 4) is 5.75 Å². The van der Waals surface area contributed by atoms with Gasteiger partial charge in [-0.05, 0) is 48.0 Å². The lowest BCUT2D eigenvalue weighted by Crippen LogP contribution is -2.10. The van der Waals surface area contributed by atoms with Gasteiger partial charge >= 0.3 is 0 Å². The van der Waals surface area contributed by atoms with Crippen molar-refractivity contribution in [2.24, 2.45) is 0 Å². The zero-order chi connectivity index (χ0) is 16.4. The molecule has 3 aromatic rings. The summed E-state index contributed by atoms with van der Waals surface area (Å²) in [5.41, 5.74) is 2.05. The normalized spacial score (nSPS) is 10.7. The van der Waals surface area contributed by atoms with Crippen LogP contribution in [0, 0.1) is 0 Å². The second-order valence-electron chi connectivity index (χ2n) is 5.09. The molecule has 1 aromatic heterocycles. The molecule has 4 nitrogen and oxygen atoms in total. The van der Waals surface area contributed by atoms with Gasteiger partial charge in [0.2, 0.25) is 0 Å². The topological polar surface area (TPSA) is 48.3 Å². The first kappa shape index (κ1) is 15.3. The second-order valence-corrected chi connectivity index (χ2v) is 5.53. The summed E-state index contributed by atoms with van der Waals surface area (Å²) >= 11 is 5.87. The summed E-state index contributed by atoms with van der Waals surface area (Å²) in [6.07, 6.45) is 2.77. The van der Waals surface area contributed by atoms with Crippen LogP contribution in [0.5, 0.6) is 5.75 Å². The first-order valence-electron chi connectivity index (χ1n) is 7.06. The first-order chi connectivity index (χ1) is 11.1. The molecule has 0 N–H and O–H groups in total. The molecule has 0 fully saturated rings. The zero-order valence-electron chi connectivity index (χ0n) is 12.5. The van der Waals surface area contributed by atoms with Crippen molar-refractivity contribution in [3.63, 3.8) is 0 Å². The van der Waals surface area contributed by atoms with Crippen LogP contribution in [0.1, 0.15) is 15.9 Å². The number of fused-ring (bicyclic) bond motifs is 1. The van der Waals surface area contributed by atoms with Crippen molar-refractivity contribution in [2.75, 3.05) is 7.11 Å². The molecule has 0 saturated heterocycles. The molecule has 1 heterocycles. The van der Waals surface area contributed by atoms with E-state index in [4.69, 9.17) is 16.3 Å². The molecule has 0 aliphatic rings. The summed E-state index contributed by atoms with van der Waals surface area (Å²) in [5.74, 6) is 0.510. The molecule has 0 bridgehead atoms. The molecule has 0 aliphatic heterocycles. The lowest BCUT2D eigenvalue weighted by Gasteiger charge is -2.05. The predicted molar refractivity (Wildman–Crippen MR) is 89.4 cm³/mol. The van der Waals surface area contributed by atoms with Crippen LogP contribution in [-0.2, 0) is 11.2 Å². The molecule has 0 unspecified atom stereocenters. The van der Waals surface area contributed by atoms with E-state index in [2.05, 4.69) is 0 Å². The Balaban J connectivity index is 2.15. The third kappa shape index (κ3) is 2.85. The Kier molecular flexibility index (Phi) is 4.17. The van der Waals surface area contributed by atoms with E-state index in [-0.39, 0.29) is 12.3 Å². The fourth-order valence-electron chi connectivity index (χ4n) is 2.56. The van der Waals surface area contributed by atoms with Crippen LogP contribution in [0.3, 0.4) is 0 Å². The number of nitrogens with zero attached hydrogens (tertiary/aromatic N) is 1. The molecule has 5 heteroatoms. The first-order valence-corrected chi connectivity index (χ1v) is 7.43. The average Bonchev–Trinajstić information content (AvgIpc) is 2.93. The fourth-order valence-corrected chi connectivity index (χ4v) is 2.68. The van der Waals surface area contributed by atoms with Crippen molar-refractivity contribution >= 4 is 34.7 Å². The van der Waals surface area contributed by atoms with Crippen LogP contribution in [0.4, 0.5) is 0 Å². The Bertz CT molecular complexity index is 881. The predicted octanol–water partition coefficient (Wildman–Crippen LogP) is 3.73. The molecule has 23 heavy (non-hydrogen) atoms.